The molecule has 1 fully saturated rings. The van der Waals surface area contributed by atoms with Crippen molar-refractivity contribution in [2.24, 2.45) is 0 Å². The Balaban J connectivity index is 1.80. The second-order valence-electron chi connectivity index (χ2n) is 5.36. The van der Waals surface area contributed by atoms with Gasteiger partial charge in [0.05, 0.1) is 12.6 Å². The van der Waals surface area contributed by atoms with Crippen LogP contribution < -0.4 is 5.32 Å². The van der Waals surface area contributed by atoms with Crippen LogP contribution in [0.15, 0.2) is 17.5 Å². The monoisotopic (exact) mass is 311 g/mol. The van der Waals surface area contributed by atoms with E-state index in [1.807, 2.05) is 23.3 Å². The molecular weight excluding hydrogens is 286 g/mol. The van der Waals surface area contributed by atoms with Gasteiger partial charge in [0.2, 0.25) is 0 Å². The van der Waals surface area contributed by atoms with Gasteiger partial charge in [0.25, 0.3) is 0 Å². The van der Waals surface area contributed by atoms with E-state index in [1.165, 1.54) is 4.88 Å². The molecule has 2 amide bonds. The second kappa shape index (κ2) is 8.36. The molecule has 1 aromatic heterocycles. The Bertz CT molecular complexity index is 425. The van der Waals surface area contributed by atoms with Gasteiger partial charge >= 0.3 is 6.03 Å². The number of carbonyl (C=O) groups is 1. The Morgan fingerprint density at radius 3 is 3.00 bits per heavy atom. The second-order valence-corrected chi connectivity index (χ2v) is 6.34. The van der Waals surface area contributed by atoms with E-state index in [0.717, 1.165) is 45.8 Å². The lowest BCUT2D eigenvalue weighted by atomic mass is 10.3. The first-order chi connectivity index (χ1) is 10.2. The van der Waals surface area contributed by atoms with Crippen molar-refractivity contribution in [3.63, 3.8) is 0 Å². The lowest BCUT2D eigenvalue weighted by molar-refractivity contribution is 0.149. The average Bonchev–Trinajstić information content (AvgIpc) is 2.91. The molecule has 0 bridgehead atoms. The van der Waals surface area contributed by atoms with Crippen molar-refractivity contribution in [1.82, 2.24) is 15.1 Å². The number of nitrogens with one attached hydrogen (secondary N) is 1. The number of hydrogen-bond acceptors (Lipinski definition) is 4. The molecule has 1 atom stereocenters. The maximum absolute atomic E-state index is 12.4. The minimum absolute atomic E-state index is 0.0458. The van der Waals surface area contributed by atoms with Gasteiger partial charge in [-0.2, -0.15) is 0 Å². The molecule has 1 N–H and O–H groups in total. The van der Waals surface area contributed by atoms with Crippen LogP contribution in [0.3, 0.4) is 0 Å². The van der Waals surface area contributed by atoms with Gasteiger partial charge in [-0.3, -0.25) is 4.90 Å². The quantitative estimate of drug-likeness (QED) is 0.906. The van der Waals surface area contributed by atoms with E-state index >= 15 is 0 Å². The number of carbonyl (C=O) groups excluding carboxylic acids is 1. The molecule has 5 nitrogen and oxygen atoms in total. The Morgan fingerprint density at radius 1 is 1.43 bits per heavy atom. The van der Waals surface area contributed by atoms with Gasteiger partial charge in [-0.1, -0.05) is 6.07 Å². The van der Waals surface area contributed by atoms with Crippen LogP contribution in [0.4, 0.5) is 4.79 Å². The summed E-state index contributed by atoms with van der Waals surface area (Å²) in [5.74, 6) is 0. The molecule has 0 aromatic carbocycles. The highest BCUT2D eigenvalue weighted by Gasteiger charge is 2.20. The maximum Gasteiger partial charge on any atom is 0.317 e. The largest absolute Gasteiger partial charge is 0.383 e. The molecule has 0 saturated carbocycles. The fraction of sp³-hybridized carbons (Fsp3) is 0.667. The zero-order valence-electron chi connectivity index (χ0n) is 12.9. The number of rotatable bonds is 5. The zero-order chi connectivity index (χ0) is 15.1. The van der Waals surface area contributed by atoms with Crippen LogP contribution in [0.1, 0.15) is 24.3 Å². The summed E-state index contributed by atoms with van der Waals surface area (Å²) in [7, 11) is 1.73. The average molecular weight is 311 g/mol. The number of hydrogen-bond donors (Lipinski definition) is 1. The third kappa shape index (κ3) is 4.98. The molecule has 1 saturated heterocycles. The van der Waals surface area contributed by atoms with Crippen LogP contribution in [0.5, 0.6) is 0 Å². The maximum atomic E-state index is 12.4. The molecule has 0 radical (unpaired) electrons. The predicted octanol–water partition coefficient (Wildman–Crippen LogP) is 2.17. The summed E-state index contributed by atoms with van der Waals surface area (Å²) >= 11 is 1.68. The van der Waals surface area contributed by atoms with Crippen LogP contribution in [-0.2, 0) is 4.74 Å². The summed E-state index contributed by atoms with van der Waals surface area (Å²) in [6.45, 7) is 7.29. The number of amides is 2. The molecule has 1 aromatic rings. The minimum atomic E-state index is 0.0458. The molecule has 1 aliphatic heterocycles. The topological polar surface area (TPSA) is 44.8 Å². The highest BCUT2D eigenvalue weighted by atomic mass is 32.1. The van der Waals surface area contributed by atoms with Crippen molar-refractivity contribution in [2.75, 3.05) is 46.4 Å². The van der Waals surface area contributed by atoms with Crippen LogP contribution >= 0.6 is 11.3 Å². The SMILES string of the molecule is COCCN1CCCN(C(=O)NC(C)c2cccs2)CC1. The smallest absolute Gasteiger partial charge is 0.317 e. The summed E-state index contributed by atoms with van der Waals surface area (Å²) < 4.78 is 5.12. The van der Waals surface area contributed by atoms with Crippen molar-refractivity contribution < 1.29 is 9.53 Å². The fourth-order valence-corrected chi connectivity index (χ4v) is 3.24. The van der Waals surface area contributed by atoms with Crippen LogP contribution in [0.2, 0.25) is 0 Å². The minimum Gasteiger partial charge on any atom is -0.383 e. The van der Waals surface area contributed by atoms with Crippen LogP contribution in [0.25, 0.3) is 0 Å². The Kier molecular flexibility index (Phi) is 6.48. The molecule has 118 valence electrons. The van der Waals surface area contributed by atoms with Crippen molar-refractivity contribution in [3.05, 3.63) is 22.4 Å². The van der Waals surface area contributed by atoms with Crippen molar-refractivity contribution >= 4 is 17.4 Å². The number of thiophene rings is 1. The number of methoxy groups -OCH3 is 1. The van der Waals surface area contributed by atoms with E-state index in [4.69, 9.17) is 4.74 Å². The lowest BCUT2D eigenvalue weighted by Crippen LogP contribution is -2.43. The van der Waals surface area contributed by atoms with Crippen molar-refractivity contribution in [3.8, 4) is 0 Å². The molecule has 2 rings (SSSR count). The van der Waals surface area contributed by atoms with Gasteiger partial charge in [0.15, 0.2) is 0 Å². The highest BCUT2D eigenvalue weighted by Crippen LogP contribution is 2.18. The third-order valence-electron chi connectivity index (χ3n) is 3.80. The molecule has 0 aliphatic carbocycles. The van der Waals surface area contributed by atoms with Gasteiger partial charge in [0, 0.05) is 38.2 Å². The Labute approximate surface area is 130 Å². The first kappa shape index (κ1) is 16.3. The standard InChI is InChI=1S/C15H25N3O2S/c1-13(14-5-3-12-21-14)16-15(19)18-7-4-6-17(8-9-18)10-11-20-2/h3,5,12-13H,4,6-11H2,1-2H3,(H,16,19). The van der Waals surface area contributed by atoms with Crippen LogP contribution in [0, 0.1) is 0 Å². The summed E-state index contributed by atoms with van der Waals surface area (Å²) in [4.78, 5) is 17.8. The van der Waals surface area contributed by atoms with E-state index in [9.17, 15) is 4.79 Å². The predicted molar refractivity (Wildman–Crippen MR) is 85.8 cm³/mol. The van der Waals surface area contributed by atoms with E-state index in [2.05, 4.69) is 16.3 Å². The number of nitrogens with zero attached hydrogens (tertiary/aromatic N) is 2. The zero-order valence-corrected chi connectivity index (χ0v) is 13.7. The van der Waals surface area contributed by atoms with Crippen molar-refractivity contribution in [1.29, 1.82) is 0 Å². The fourth-order valence-electron chi connectivity index (χ4n) is 2.50. The summed E-state index contributed by atoms with van der Waals surface area (Å²) in [6.07, 6.45) is 1.02. The first-order valence-corrected chi connectivity index (χ1v) is 8.39. The number of ether oxygens (including phenoxy) is 1. The van der Waals surface area contributed by atoms with E-state index in [-0.39, 0.29) is 12.1 Å². The van der Waals surface area contributed by atoms with E-state index in [0.29, 0.717) is 0 Å². The number of urea groups is 1. The first-order valence-electron chi connectivity index (χ1n) is 7.51. The molecule has 2 heterocycles. The lowest BCUT2D eigenvalue weighted by Gasteiger charge is -2.24. The molecule has 0 spiro atoms. The molecular formula is C15H25N3O2S. The Hall–Kier alpha value is -1.11. The summed E-state index contributed by atoms with van der Waals surface area (Å²) in [6, 6.07) is 4.20. The molecule has 6 heteroatoms. The Morgan fingerprint density at radius 2 is 2.29 bits per heavy atom. The van der Waals surface area contributed by atoms with E-state index in [1.54, 1.807) is 18.4 Å². The molecule has 1 aliphatic rings. The van der Waals surface area contributed by atoms with Gasteiger partial charge < -0.3 is 15.0 Å². The van der Waals surface area contributed by atoms with E-state index < -0.39 is 0 Å². The van der Waals surface area contributed by atoms with Gasteiger partial charge in [-0.05, 0) is 31.3 Å². The van der Waals surface area contributed by atoms with Crippen LogP contribution in [-0.4, -0.2) is 62.3 Å². The van der Waals surface area contributed by atoms with Gasteiger partial charge in [0.1, 0.15) is 0 Å². The normalized spacial score (nSPS) is 18.3. The highest BCUT2D eigenvalue weighted by molar-refractivity contribution is 7.10. The summed E-state index contributed by atoms with van der Waals surface area (Å²) in [5, 5.41) is 5.13. The summed E-state index contributed by atoms with van der Waals surface area (Å²) in [5.41, 5.74) is 0. The third-order valence-corrected chi connectivity index (χ3v) is 4.85. The van der Waals surface area contributed by atoms with Gasteiger partial charge in [-0.25, -0.2) is 4.79 Å². The van der Waals surface area contributed by atoms with Crippen molar-refractivity contribution in [2.45, 2.75) is 19.4 Å². The van der Waals surface area contributed by atoms with Gasteiger partial charge in [-0.15, -0.1) is 11.3 Å². The molecule has 1 unspecified atom stereocenters. The molecule has 21 heavy (non-hydrogen) atoms.